The van der Waals surface area contributed by atoms with Crippen LogP contribution in [0.15, 0.2) is 114 Å². The molecule has 8 heteroatoms. The van der Waals surface area contributed by atoms with Crippen molar-refractivity contribution in [3.63, 3.8) is 0 Å². The molecule has 1 heterocycles. The van der Waals surface area contributed by atoms with E-state index >= 15 is 0 Å². The molecule has 0 atom stereocenters. The third-order valence-corrected chi connectivity index (χ3v) is 6.84. The van der Waals surface area contributed by atoms with Crippen LogP contribution in [0.1, 0.15) is 41.3 Å². The number of nitrogens with zero attached hydrogens (tertiary/aromatic N) is 1. The average Bonchev–Trinajstić information content (AvgIpc) is 2.97. The van der Waals surface area contributed by atoms with Crippen LogP contribution >= 0.6 is 11.8 Å². The number of benzene rings is 3. The Morgan fingerprint density at radius 2 is 1.62 bits per heavy atom. The number of rotatable bonds is 10. The minimum Gasteiger partial charge on any atom is -0.325 e. The smallest absolute Gasteiger partial charge is 0.272 e. The number of aromatic nitrogens is 1. The maximum atomic E-state index is 13.2. The summed E-state index contributed by atoms with van der Waals surface area (Å²) in [5.74, 6) is -0.377. The molecule has 0 radical (unpaired) electrons. The summed E-state index contributed by atoms with van der Waals surface area (Å²) in [5, 5.41) is 8.47. The highest BCUT2D eigenvalue weighted by Crippen LogP contribution is 2.23. The molecule has 0 bridgehead atoms. The van der Waals surface area contributed by atoms with Crippen molar-refractivity contribution in [2.75, 3.05) is 16.4 Å². The summed E-state index contributed by atoms with van der Waals surface area (Å²) in [5.41, 5.74) is 3.66. The predicted octanol–water partition coefficient (Wildman–Crippen LogP) is 6.35. The van der Waals surface area contributed by atoms with Crippen molar-refractivity contribution in [3.05, 3.63) is 126 Å². The van der Waals surface area contributed by atoms with E-state index in [4.69, 9.17) is 0 Å². The van der Waals surface area contributed by atoms with E-state index in [1.54, 1.807) is 73.1 Å². The van der Waals surface area contributed by atoms with Gasteiger partial charge in [-0.1, -0.05) is 56.3 Å². The molecule has 0 saturated carbocycles. The second-order valence-corrected chi connectivity index (χ2v) is 10.3. The second-order valence-electron chi connectivity index (χ2n) is 9.26. The lowest BCUT2D eigenvalue weighted by molar-refractivity contribution is -0.114. The van der Waals surface area contributed by atoms with Gasteiger partial charge in [-0.3, -0.25) is 19.4 Å². The maximum Gasteiger partial charge on any atom is 0.272 e. The fourth-order valence-electron chi connectivity index (χ4n) is 3.73. The van der Waals surface area contributed by atoms with Crippen molar-refractivity contribution in [2.24, 2.45) is 0 Å². The topological polar surface area (TPSA) is 100 Å². The van der Waals surface area contributed by atoms with Gasteiger partial charge in [-0.25, -0.2) is 0 Å². The van der Waals surface area contributed by atoms with Gasteiger partial charge in [-0.2, -0.15) is 0 Å². The zero-order valence-electron chi connectivity index (χ0n) is 22.3. The SMILES string of the molecule is CC(C)c1ccc(NC(=O)CSc2cccc(NC(=O)/C(=C/c3cccnc3)NC(=O)c3ccccc3)c2)cc1. The number of amides is 3. The highest BCUT2D eigenvalue weighted by atomic mass is 32.2. The molecule has 1 aromatic heterocycles. The Kier molecular flexibility index (Phi) is 9.85. The molecule has 3 aromatic carbocycles. The number of pyridine rings is 1. The molecule has 0 aliphatic carbocycles. The summed E-state index contributed by atoms with van der Waals surface area (Å²) in [6.45, 7) is 4.25. The van der Waals surface area contributed by atoms with Crippen molar-refractivity contribution in [1.82, 2.24) is 10.3 Å². The van der Waals surface area contributed by atoms with Crippen LogP contribution in [0.5, 0.6) is 0 Å². The van der Waals surface area contributed by atoms with Gasteiger partial charge in [0.05, 0.1) is 5.75 Å². The molecule has 7 nitrogen and oxygen atoms in total. The monoisotopic (exact) mass is 550 g/mol. The Labute approximate surface area is 238 Å². The van der Waals surface area contributed by atoms with E-state index in [2.05, 4.69) is 34.8 Å². The fraction of sp³-hybridized carbons (Fsp3) is 0.125. The second kappa shape index (κ2) is 13.9. The van der Waals surface area contributed by atoms with Gasteiger partial charge in [-0.15, -0.1) is 11.8 Å². The molecule has 0 aliphatic heterocycles. The summed E-state index contributed by atoms with van der Waals surface area (Å²) in [4.78, 5) is 43.4. The summed E-state index contributed by atoms with van der Waals surface area (Å²) < 4.78 is 0. The van der Waals surface area contributed by atoms with Crippen LogP contribution in [0.25, 0.3) is 6.08 Å². The molecule has 0 fully saturated rings. The number of hydrogen-bond acceptors (Lipinski definition) is 5. The zero-order chi connectivity index (χ0) is 28.3. The van der Waals surface area contributed by atoms with Crippen LogP contribution in [-0.4, -0.2) is 28.5 Å². The predicted molar refractivity (Wildman–Crippen MR) is 161 cm³/mol. The molecule has 40 heavy (non-hydrogen) atoms. The Balaban J connectivity index is 1.40. The Bertz CT molecular complexity index is 1490. The van der Waals surface area contributed by atoms with Crippen LogP contribution in [0, 0.1) is 0 Å². The molecule has 4 rings (SSSR count). The van der Waals surface area contributed by atoms with Crippen LogP contribution in [-0.2, 0) is 9.59 Å². The van der Waals surface area contributed by atoms with Gasteiger partial charge in [0.25, 0.3) is 11.8 Å². The van der Waals surface area contributed by atoms with Crippen molar-refractivity contribution in [3.8, 4) is 0 Å². The lowest BCUT2D eigenvalue weighted by Gasteiger charge is -2.12. The molecule has 4 aromatic rings. The van der Waals surface area contributed by atoms with Gasteiger partial charge in [0.1, 0.15) is 5.70 Å². The summed E-state index contributed by atoms with van der Waals surface area (Å²) in [7, 11) is 0. The number of carbonyl (C=O) groups is 3. The highest BCUT2D eigenvalue weighted by Gasteiger charge is 2.15. The minimum atomic E-state index is -0.488. The quantitative estimate of drug-likeness (QED) is 0.158. The first-order valence-corrected chi connectivity index (χ1v) is 13.8. The van der Waals surface area contributed by atoms with E-state index in [0.29, 0.717) is 22.7 Å². The maximum absolute atomic E-state index is 13.2. The van der Waals surface area contributed by atoms with Gasteiger partial charge in [0, 0.05) is 34.2 Å². The van der Waals surface area contributed by atoms with E-state index in [-0.39, 0.29) is 17.4 Å². The van der Waals surface area contributed by atoms with Gasteiger partial charge in [0.15, 0.2) is 0 Å². The molecule has 3 amide bonds. The first kappa shape index (κ1) is 28.3. The number of anilines is 2. The molecule has 0 saturated heterocycles. The number of hydrogen-bond donors (Lipinski definition) is 3. The summed E-state index contributed by atoms with van der Waals surface area (Å²) in [6, 6.07) is 27.2. The highest BCUT2D eigenvalue weighted by molar-refractivity contribution is 8.00. The van der Waals surface area contributed by atoms with Crippen molar-refractivity contribution >= 4 is 46.9 Å². The molecule has 0 spiro atoms. The van der Waals surface area contributed by atoms with Crippen LogP contribution in [0.4, 0.5) is 11.4 Å². The largest absolute Gasteiger partial charge is 0.325 e. The standard InChI is InChI=1S/C32H30N4O3S/c1-22(2)24-13-15-26(16-14-24)34-30(37)21-40-28-12-6-11-27(19-28)35-32(39)29(18-23-8-7-17-33-20-23)36-31(38)25-9-4-3-5-10-25/h3-20,22H,21H2,1-2H3,(H,34,37)(H,35,39)(H,36,38)/b29-18-. The van der Waals surface area contributed by atoms with Crippen molar-refractivity contribution in [2.45, 2.75) is 24.7 Å². The van der Waals surface area contributed by atoms with E-state index in [0.717, 1.165) is 10.6 Å². The van der Waals surface area contributed by atoms with E-state index < -0.39 is 11.8 Å². The Morgan fingerprint density at radius 3 is 2.33 bits per heavy atom. The van der Waals surface area contributed by atoms with Crippen LogP contribution < -0.4 is 16.0 Å². The normalized spacial score (nSPS) is 11.1. The molecule has 0 aliphatic rings. The van der Waals surface area contributed by atoms with Crippen molar-refractivity contribution in [1.29, 1.82) is 0 Å². The fourth-order valence-corrected chi connectivity index (χ4v) is 4.48. The lowest BCUT2D eigenvalue weighted by Crippen LogP contribution is -2.30. The number of thioether (sulfide) groups is 1. The zero-order valence-corrected chi connectivity index (χ0v) is 23.1. The van der Waals surface area contributed by atoms with Crippen molar-refractivity contribution < 1.29 is 14.4 Å². The summed E-state index contributed by atoms with van der Waals surface area (Å²) >= 11 is 1.36. The first-order valence-electron chi connectivity index (χ1n) is 12.8. The minimum absolute atomic E-state index is 0.0720. The molecule has 3 N–H and O–H groups in total. The molecular formula is C32H30N4O3S. The van der Waals surface area contributed by atoms with Crippen LogP contribution in [0.3, 0.4) is 0 Å². The molecular weight excluding hydrogens is 520 g/mol. The lowest BCUT2D eigenvalue weighted by atomic mass is 10.0. The average molecular weight is 551 g/mol. The Morgan fingerprint density at radius 1 is 0.850 bits per heavy atom. The van der Waals surface area contributed by atoms with E-state index in [9.17, 15) is 14.4 Å². The van der Waals surface area contributed by atoms with E-state index in [1.807, 2.05) is 36.4 Å². The number of carbonyl (C=O) groups excluding carboxylic acids is 3. The molecule has 202 valence electrons. The number of nitrogens with one attached hydrogen (secondary N) is 3. The first-order chi connectivity index (χ1) is 19.4. The van der Waals surface area contributed by atoms with E-state index in [1.165, 1.54) is 17.3 Å². The third kappa shape index (κ3) is 8.41. The van der Waals surface area contributed by atoms with Gasteiger partial charge >= 0.3 is 0 Å². The van der Waals surface area contributed by atoms with Gasteiger partial charge in [0.2, 0.25) is 5.91 Å². The summed E-state index contributed by atoms with van der Waals surface area (Å²) in [6.07, 6.45) is 4.80. The van der Waals surface area contributed by atoms with Gasteiger partial charge in [-0.05, 0) is 71.7 Å². The van der Waals surface area contributed by atoms with Gasteiger partial charge < -0.3 is 16.0 Å². The Hall–Kier alpha value is -4.69. The third-order valence-electron chi connectivity index (χ3n) is 5.85. The molecule has 0 unspecified atom stereocenters. The van der Waals surface area contributed by atoms with Crippen LogP contribution in [0.2, 0.25) is 0 Å².